The number of amides is 3. The number of nitrogens with one attached hydrogen (secondary N) is 4. The minimum absolute atomic E-state index is 0.133. The van der Waals surface area contributed by atoms with Crippen LogP contribution in [0.25, 0.3) is 22.2 Å². The third kappa shape index (κ3) is 4.56. The Labute approximate surface area is 246 Å². The van der Waals surface area contributed by atoms with Crippen molar-refractivity contribution in [2.75, 3.05) is 15.5 Å². The maximum atomic E-state index is 13.7. The Balaban J connectivity index is 1.19. The summed E-state index contributed by atoms with van der Waals surface area (Å²) in [5.74, 6) is 0.520. The highest BCUT2D eigenvalue weighted by molar-refractivity contribution is 6.16. The number of nitrogens with zero attached hydrogens (tertiary/aromatic N) is 5. The van der Waals surface area contributed by atoms with Crippen molar-refractivity contribution in [3.8, 4) is 11.3 Å². The van der Waals surface area contributed by atoms with Crippen molar-refractivity contribution in [2.24, 2.45) is 7.05 Å². The van der Waals surface area contributed by atoms with Gasteiger partial charge in [-0.1, -0.05) is 18.2 Å². The Morgan fingerprint density at radius 3 is 2.70 bits per heavy atom. The summed E-state index contributed by atoms with van der Waals surface area (Å²) in [5, 5.41) is 14.2. The van der Waals surface area contributed by atoms with E-state index in [1.165, 1.54) is 0 Å². The molecule has 5 aromatic rings. The molecule has 43 heavy (non-hydrogen) atoms. The highest BCUT2D eigenvalue weighted by Crippen LogP contribution is 2.39. The molecule has 0 bridgehead atoms. The molecule has 2 aromatic carbocycles. The molecule has 1 fully saturated rings. The zero-order valence-corrected chi connectivity index (χ0v) is 23.9. The maximum absolute atomic E-state index is 13.7. The van der Waals surface area contributed by atoms with Gasteiger partial charge in [0.05, 0.1) is 23.4 Å². The van der Waals surface area contributed by atoms with Gasteiger partial charge in [0.2, 0.25) is 17.8 Å². The molecule has 3 amide bonds. The summed E-state index contributed by atoms with van der Waals surface area (Å²) in [4.78, 5) is 52.4. The molecule has 2 aliphatic rings. The molecule has 7 rings (SSSR count). The molecule has 12 heteroatoms. The van der Waals surface area contributed by atoms with Crippen molar-refractivity contribution >= 4 is 51.8 Å². The van der Waals surface area contributed by atoms with Crippen molar-refractivity contribution in [2.45, 2.75) is 39.3 Å². The summed E-state index contributed by atoms with van der Waals surface area (Å²) in [6.07, 6.45) is 4.45. The number of rotatable bonds is 6. The Morgan fingerprint density at radius 1 is 1.09 bits per heavy atom. The first kappa shape index (κ1) is 26.4. The third-order valence-electron chi connectivity index (χ3n) is 8.10. The van der Waals surface area contributed by atoms with Crippen molar-refractivity contribution in [3.05, 3.63) is 77.2 Å². The number of aryl methyl sites for hydroxylation is 3. The zero-order valence-electron chi connectivity index (χ0n) is 23.9. The number of H-pyrrole nitrogens is 1. The second-order valence-corrected chi connectivity index (χ2v) is 10.9. The Morgan fingerprint density at radius 2 is 1.93 bits per heavy atom. The molecule has 0 spiro atoms. The normalized spacial score (nSPS) is 16.1. The number of carbonyl (C=O) groups is 3. The first-order valence-electron chi connectivity index (χ1n) is 14.0. The van der Waals surface area contributed by atoms with E-state index in [9.17, 15) is 14.4 Å². The predicted octanol–water partition coefficient (Wildman–Crippen LogP) is 4.10. The Hall–Kier alpha value is -5.52. The van der Waals surface area contributed by atoms with Gasteiger partial charge in [-0.25, -0.2) is 9.97 Å². The monoisotopic (exact) mass is 575 g/mol. The van der Waals surface area contributed by atoms with Crippen molar-refractivity contribution in [1.29, 1.82) is 0 Å². The Kier molecular flexibility index (Phi) is 6.19. The van der Waals surface area contributed by atoms with Crippen LogP contribution in [0.15, 0.2) is 54.9 Å². The highest BCUT2D eigenvalue weighted by Gasteiger charge is 2.33. The molecule has 4 N–H and O–H groups in total. The standard InChI is InChI=1S/C31H29N9O3/c1-16-13-33-31(36-25-12-17(2)39(3)38-25)37-27(16)20-14-32-28-18(20)6-5-9-24(28)40-15-21-19(30(40)43)7-4-8-22(21)35-29(42)23-10-11-26(41)34-23/h4-9,12-14,23,32H,10-11,15H2,1-3H3,(H,34,41)(H,35,42)(H,33,36,37,38). The number of aromatic nitrogens is 5. The first-order valence-corrected chi connectivity index (χ1v) is 14.0. The molecule has 1 unspecified atom stereocenters. The van der Waals surface area contributed by atoms with E-state index in [0.29, 0.717) is 42.4 Å². The van der Waals surface area contributed by atoms with Gasteiger partial charge in [-0.05, 0) is 44.0 Å². The number of hydrogen-bond acceptors (Lipinski definition) is 7. The number of carbonyl (C=O) groups excluding carboxylic acids is 3. The average molecular weight is 576 g/mol. The number of benzene rings is 2. The van der Waals surface area contributed by atoms with E-state index in [1.807, 2.05) is 51.4 Å². The SMILES string of the molecule is Cc1cnc(Nc2cc(C)n(C)n2)nc1-c1c[nH]c2c(N3Cc4c(NC(=O)C5CCC(=O)N5)cccc4C3=O)cccc12. The van der Waals surface area contributed by atoms with Gasteiger partial charge in [-0.2, -0.15) is 5.10 Å². The van der Waals surface area contributed by atoms with Crippen molar-refractivity contribution in [1.82, 2.24) is 30.0 Å². The fraction of sp³-hybridized carbons (Fsp3) is 0.226. The molecule has 3 aromatic heterocycles. The van der Waals surface area contributed by atoms with Crippen molar-refractivity contribution < 1.29 is 14.4 Å². The number of anilines is 4. The topological polar surface area (TPSA) is 150 Å². The molecule has 2 aliphatic heterocycles. The Bertz CT molecular complexity index is 1940. The second-order valence-electron chi connectivity index (χ2n) is 10.9. The summed E-state index contributed by atoms with van der Waals surface area (Å²) in [7, 11) is 1.88. The molecular weight excluding hydrogens is 546 g/mol. The maximum Gasteiger partial charge on any atom is 0.259 e. The summed E-state index contributed by atoms with van der Waals surface area (Å²) >= 11 is 0. The van der Waals surface area contributed by atoms with Gasteiger partial charge >= 0.3 is 0 Å². The largest absolute Gasteiger partial charge is 0.359 e. The van der Waals surface area contributed by atoms with Gasteiger partial charge in [0, 0.05) is 65.4 Å². The predicted molar refractivity (Wildman–Crippen MR) is 162 cm³/mol. The number of aromatic amines is 1. The fourth-order valence-electron chi connectivity index (χ4n) is 5.75. The molecule has 12 nitrogen and oxygen atoms in total. The summed E-state index contributed by atoms with van der Waals surface area (Å²) in [6.45, 7) is 4.22. The molecule has 0 aliphatic carbocycles. The lowest BCUT2D eigenvalue weighted by Gasteiger charge is -2.17. The first-order chi connectivity index (χ1) is 20.8. The molecule has 0 radical (unpaired) electrons. The third-order valence-corrected chi connectivity index (χ3v) is 8.10. The minimum atomic E-state index is -0.573. The highest BCUT2D eigenvalue weighted by atomic mass is 16.2. The van der Waals surface area contributed by atoms with Crippen LogP contribution in [0.4, 0.5) is 23.1 Å². The van der Waals surface area contributed by atoms with E-state index < -0.39 is 6.04 Å². The number of hydrogen-bond donors (Lipinski definition) is 4. The summed E-state index contributed by atoms with van der Waals surface area (Å²) in [6, 6.07) is 12.5. The fourth-order valence-corrected chi connectivity index (χ4v) is 5.75. The lowest BCUT2D eigenvalue weighted by Crippen LogP contribution is -2.37. The van der Waals surface area contributed by atoms with Crippen LogP contribution in [0, 0.1) is 13.8 Å². The van der Waals surface area contributed by atoms with Crippen LogP contribution in [0.2, 0.25) is 0 Å². The molecule has 1 atom stereocenters. The van der Waals surface area contributed by atoms with Crippen LogP contribution in [-0.2, 0) is 23.2 Å². The zero-order chi connectivity index (χ0) is 29.8. The average Bonchev–Trinajstić information content (AvgIpc) is 3.77. The second kappa shape index (κ2) is 10.1. The van der Waals surface area contributed by atoms with E-state index in [-0.39, 0.29) is 17.7 Å². The van der Waals surface area contributed by atoms with Gasteiger partial charge in [0.15, 0.2) is 5.82 Å². The van der Waals surface area contributed by atoms with Gasteiger partial charge in [-0.3, -0.25) is 19.1 Å². The molecular formula is C31H29N9O3. The van der Waals surface area contributed by atoms with E-state index in [2.05, 4.69) is 31.0 Å². The lowest BCUT2D eigenvalue weighted by atomic mass is 10.1. The molecule has 0 saturated carbocycles. The van der Waals surface area contributed by atoms with Crippen LogP contribution >= 0.6 is 0 Å². The number of fused-ring (bicyclic) bond motifs is 2. The minimum Gasteiger partial charge on any atom is -0.359 e. The molecule has 1 saturated heterocycles. The van der Waals surface area contributed by atoms with E-state index in [1.54, 1.807) is 34.0 Å². The van der Waals surface area contributed by atoms with Gasteiger partial charge in [0.1, 0.15) is 6.04 Å². The van der Waals surface area contributed by atoms with Gasteiger partial charge in [-0.15, -0.1) is 0 Å². The van der Waals surface area contributed by atoms with Crippen molar-refractivity contribution in [3.63, 3.8) is 0 Å². The van der Waals surface area contributed by atoms with Crippen LogP contribution in [0.5, 0.6) is 0 Å². The van der Waals surface area contributed by atoms with E-state index >= 15 is 0 Å². The van der Waals surface area contributed by atoms with E-state index in [0.717, 1.165) is 44.7 Å². The van der Waals surface area contributed by atoms with Crippen LogP contribution in [0.1, 0.15) is 40.0 Å². The molecule has 216 valence electrons. The lowest BCUT2D eigenvalue weighted by molar-refractivity contribution is -0.122. The summed E-state index contributed by atoms with van der Waals surface area (Å²) in [5.41, 5.74) is 6.90. The van der Waals surface area contributed by atoms with E-state index in [4.69, 9.17) is 4.98 Å². The van der Waals surface area contributed by atoms with Crippen LogP contribution in [0.3, 0.4) is 0 Å². The smallest absolute Gasteiger partial charge is 0.259 e. The van der Waals surface area contributed by atoms with Gasteiger partial charge < -0.3 is 25.8 Å². The number of para-hydroxylation sites is 1. The quantitative estimate of drug-likeness (QED) is 0.238. The van der Waals surface area contributed by atoms with Crippen LogP contribution < -0.4 is 20.9 Å². The molecule has 5 heterocycles. The summed E-state index contributed by atoms with van der Waals surface area (Å²) < 4.78 is 1.78. The van der Waals surface area contributed by atoms with Gasteiger partial charge in [0.25, 0.3) is 5.91 Å². The van der Waals surface area contributed by atoms with Crippen LogP contribution in [-0.4, -0.2) is 48.5 Å².